The van der Waals surface area contributed by atoms with Gasteiger partial charge in [-0.15, -0.1) is 11.3 Å². The van der Waals surface area contributed by atoms with Crippen LogP contribution in [0.15, 0.2) is 29.8 Å². The minimum absolute atomic E-state index is 0.146. The second-order valence-corrected chi connectivity index (χ2v) is 13.5. The van der Waals surface area contributed by atoms with E-state index in [-0.39, 0.29) is 33.9 Å². The van der Waals surface area contributed by atoms with Gasteiger partial charge in [-0.3, -0.25) is 0 Å². The molecule has 0 radical (unpaired) electrons. The van der Waals surface area contributed by atoms with Gasteiger partial charge >= 0.3 is 169 Å². The molecule has 8 nitrogen and oxygen atoms in total. The number of carbonyl (C=O) groups excluding carboxylic acids is 2. The molecule has 1 aromatic carbocycles. The number of aliphatic hydroxyl groups is 1. The number of aryl methyl sites for hydroxylation is 1. The van der Waals surface area contributed by atoms with E-state index in [2.05, 4.69) is 13.0 Å². The predicted molar refractivity (Wildman–Crippen MR) is 124 cm³/mol. The zero-order valence-electron chi connectivity index (χ0n) is 18.8. The van der Waals surface area contributed by atoms with Crippen LogP contribution in [-0.2, 0) is 16.1 Å². The topological polar surface area (TPSA) is 120 Å². The van der Waals surface area contributed by atoms with Gasteiger partial charge in [0.05, 0.1) is 11.2 Å². The van der Waals surface area contributed by atoms with Crippen LogP contribution in [0.25, 0.3) is 10.4 Å². The molecule has 2 aromatic rings. The molecule has 1 fully saturated rings. The zero-order chi connectivity index (χ0) is 23.5. The van der Waals surface area contributed by atoms with Crippen molar-refractivity contribution in [2.24, 2.45) is 5.41 Å². The van der Waals surface area contributed by atoms with Crippen molar-refractivity contribution in [3.05, 3.63) is 41.0 Å². The first-order chi connectivity index (χ1) is 15.1. The first kappa shape index (κ1) is 24.8. The molecule has 32 heavy (non-hydrogen) atoms. The number of likely N-dealkylation sites (tertiary alicyclic amines) is 1. The van der Waals surface area contributed by atoms with Gasteiger partial charge in [-0.05, 0) is 6.92 Å². The molecule has 10 heteroatoms. The fraction of sp³-hybridized carbons (Fsp3) is 0.500. The number of nitrogens with zero attached hydrogens (tertiary/aromatic N) is 3. The molecule has 1 aliphatic rings. The van der Waals surface area contributed by atoms with E-state index >= 15 is 0 Å². The Morgan fingerprint density at radius 3 is 2.62 bits per heavy atom. The van der Waals surface area contributed by atoms with E-state index in [1.165, 1.54) is 4.90 Å². The van der Waals surface area contributed by atoms with Crippen molar-refractivity contribution in [1.29, 1.82) is 5.53 Å². The van der Waals surface area contributed by atoms with Crippen molar-refractivity contribution >= 4 is 45.9 Å². The molecule has 1 aliphatic heterocycles. The van der Waals surface area contributed by atoms with E-state index in [4.69, 9.17) is 5.53 Å². The average molecular weight is 558 g/mol. The standard InChI is InChI=1S/C22H28N3O3S.In.HN2/c1-14-20(29-13-24-14)16-7-5-15(6-8-16)11-23-21(28)18-9-17(26)12-25(18)19(27)10-22(2,3)4;;1-2/h5-8,10,13,17-18,26H,9,11-12H2,1-4H3,(H,23,28);;1H/q;+2;-1/t17-,18+;;/m1../s1. The molecule has 3 atom stereocenters. The number of β-amino-alcohol motifs (C(OH)–C–C–N with tert-alkyl or cyclic N) is 1. The number of benzene rings is 1. The number of hydrogen-bond donors (Lipinski definition) is 3. The Balaban J connectivity index is 1.67. The molecule has 0 saturated carbocycles. The summed E-state index contributed by atoms with van der Waals surface area (Å²) in [7, 11) is 0. The summed E-state index contributed by atoms with van der Waals surface area (Å²) in [5.74, 6) is -0.420. The van der Waals surface area contributed by atoms with E-state index in [9.17, 15) is 14.7 Å². The van der Waals surface area contributed by atoms with Gasteiger partial charge in [0.15, 0.2) is 0 Å². The second-order valence-electron chi connectivity index (χ2n) is 9.20. The molecular weight excluding hydrogens is 529 g/mol. The SMILES string of the molecule is Cc1ncsc1-c1ccc(CNC(=O)[C@@H]2C[C@@H](O)CN2C(=O)[C@@H]([In]=[N+]=N)C(C)(C)C)cc1. The fourth-order valence-corrected chi connectivity index (χ4v) is 7.30. The Morgan fingerprint density at radius 2 is 2.06 bits per heavy atom. The van der Waals surface area contributed by atoms with Crippen LogP contribution < -0.4 is 8.03 Å². The van der Waals surface area contributed by atoms with Crippen molar-refractivity contribution in [3.63, 3.8) is 0 Å². The van der Waals surface area contributed by atoms with Gasteiger partial charge in [0.25, 0.3) is 0 Å². The summed E-state index contributed by atoms with van der Waals surface area (Å²) in [6.07, 6.45) is -0.499. The van der Waals surface area contributed by atoms with Gasteiger partial charge in [0.2, 0.25) is 0 Å². The molecule has 0 aliphatic carbocycles. The summed E-state index contributed by atoms with van der Waals surface area (Å²) in [5.41, 5.74) is 11.8. The van der Waals surface area contributed by atoms with E-state index in [1.54, 1.807) is 11.3 Å². The summed E-state index contributed by atoms with van der Waals surface area (Å²) >= 11 is -0.216. The molecule has 1 aromatic heterocycles. The van der Waals surface area contributed by atoms with E-state index < -0.39 is 34.9 Å². The minimum atomic E-state index is -1.81. The molecular formula is C22H29InN5O3S+. The van der Waals surface area contributed by atoms with Crippen molar-refractivity contribution in [1.82, 2.24) is 17.9 Å². The Hall–Kier alpha value is -1.87. The van der Waals surface area contributed by atoms with Crippen LogP contribution in [0.3, 0.4) is 0 Å². The molecule has 2 amide bonds. The number of aromatic nitrogens is 1. The molecule has 1 saturated heterocycles. The predicted octanol–water partition coefficient (Wildman–Crippen LogP) is 2.52. The number of thiazole rings is 1. The first-order valence-corrected chi connectivity index (χ1v) is 14.8. The molecule has 168 valence electrons. The number of aliphatic hydroxyl groups excluding tert-OH is 1. The Bertz CT molecular complexity index is 1030. The van der Waals surface area contributed by atoms with E-state index in [0.29, 0.717) is 6.54 Å². The third-order valence-electron chi connectivity index (χ3n) is 5.72. The van der Waals surface area contributed by atoms with Crippen molar-refractivity contribution in [2.75, 3.05) is 6.54 Å². The van der Waals surface area contributed by atoms with Gasteiger partial charge in [-0.1, -0.05) is 0 Å². The molecule has 2 heterocycles. The van der Waals surface area contributed by atoms with Crippen LogP contribution in [0.5, 0.6) is 0 Å². The maximum atomic E-state index is 13.2. The molecule has 3 rings (SSSR count). The van der Waals surface area contributed by atoms with Crippen LogP contribution in [-0.4, -0.2) is 68.2 Å². The van der Waals surface area contributed by atoms with Crippen molar-refractivity contribution in [3.8, 4) is 10.4 Å². The van der Waals surface area contributed by atoms with Crippen molar-refractivity contribution in [2.45, 2.75) is 56.5 Å². The Kier molecular flexibility index (Phi) is 8.03. The van der Waals surface area contributed by atoms with Gasteiger partial charge in [0.1, 0.15) is 0 Å². The third-order valence-corrected chi connectivity index (χ3v) is 11.6. The zero-order valence-corrected chi connectivity index (χ0v) is 22.9. The number of rotatable bonds is 6. The normalized spacial score (nSPS) is 19.2. The van der Waals surface area contributed by atoms with Crippen LogP contribution in [0.4, 0.5) is 0 Å². The van der Waals surface area contributed by atoms with Crippen LogP contribution in [0, 0.1) is 17.9 Å². The Labute approximate surface area is 203 Å². The molecule has 0 spiro atoms. The first-order valence-electron chi connectivity index (χ1n) is 10.6. The second kappa shape index (κ2) is 10.4. The number of nitrogens with one attached hydrogen (secondary N) is 2. The number of carbonyl (C=O) groups is 2. The number of hydrogen-bond acceptors (Lipinski definition) is 6. The van der Waals surface area contributed by atoms with Crippen LogP contribution in [0.2, 0.25) is 3.67 Å². The van der Waals surface area contributed by atoms with Crippen LogP contribution in [0.1, 0.15) is 38.4 Å². The number of amides is 2. The summed E-state index contributed by atoms with van der Waals surface area (Å²) in [6, 6.07) is 7.28. The average Bonchev–Trinajstić information content (AvgIpc) is 3.35. The van der Waals surface area contributed by atoms with Crippen LogP contribution >= 0.6 is 11.3 Å². The van der Waals surface area contributed by atoms with Crippen molar-refractivity contribution < 1.29 is 14.7 Å². The summed E-state index contributed by atoms with van der Waals surface area (Å²) in [6.45, 7) is 8.36. The third kappa shape index (κ3) is 5.73. The Morgan fingerprint density at radius 1 is 1.38 bits per heavy atom. The van der Waals surface area contributed by atoms with Gasteiger partial charge < -0.3 is 0 Å². The molecule has 3 N–H and O–H groups in total. The maximum absolute atomic E-state index is 13.2. The van der Waals surface area contributed by atoms with E-state index in [0.717, 1.165) is 21.7 Å². The molecule has 0 unspecified atom stereocenters. The molecule has 0 bridgehead atoms. The van der Waals surface area contributed by atoms with Gasteiger partial charge in [-0.2, -0.15) is 0 Å². The monoisotopic (exact) mass is 558 g/mol. The van der Waals surface area contributed by atoms with Gasteiger partial charge in [0, 0.05) is 0 Å². The fourth-order valence-electron chi connectivity index (χ4n) is 3.88. The summed E-state index contributed by atoms with van der Waals surface area (Å²) in [5, 5.41) is 13.1. The quantitative estimate of drug-likeness (QED) is 0.373. The summed E-state index contributed by atoms with van der Waals surface area (Å²) < 4.78 is 3.28. The van der Waals surface area contributed by atoms with E-state index in [1.807, 2.05) is 57.5 Å². The summed E-state index contributed by atoms with van der Waals surface area (Å²) in [4.78, 5) is 33.1. The van der Waals surface area contributed by atoms with Gasteiger partial charge in [-0.25, -0.2) is 4.98 Å².